The smallest absolute Gasteiger partial charge is 0.158 e. The van der Waals surface area contributed by atoms with Gasteiger partial charge >= 0.3 is 0 Å². The van der Waals surface area contributed by atoms with Gasteiger partial charge in [0.15, 0.2) is 5.82 Å². The highest BCUT2D eigenvalue weighted by Crippen LogP contribution is 2.10. The van der Waals surface area contributed by atoms with E-state index in [9.17, 15) is 0 Å². The fourth-order valence-corrected chi connectivity index (χ4v) is 1.29. The molecular weight excluding hydrogens is 178 g/mol. The zero-order valence-electron chi connectivity index (χ0n) is 7.88. The lowest BCUT2D eigenvalue weighted by Gasteiger charge is -2.04. The first kappa shape index (κ1) is 8.90. The molecule has 0 saturated carbocycles. The molecule has 0 atom stereocenters. The predicted octanol–water partition coefficient (Wildman–Crippen LogP) is 1.07. The normalized spacial score (nSPS) is 10.4. The van der Waals surface area contributed by atoms with Crippen LogP contribution in [0.2, 0.25) is 0 Å². The summed E-state index contributed by atoms with van der Waals surface area (Å²) in [5.74, 6) is 0.683. The number of aromatic nitrogens is 3. The number of hydrogen-bond acceptors (Lipinski definition) is 3. The molecule has 2 rings (SSSR count). The van der Waals surface area contributed by atoms with Gasteiger partial charge in [0.2, 0.25) is 0 Å². The van der Waals surface area contributed by atoms with Crippen molar-refractivity contribution >= 4 is 0 Å². The van der Waals surface area contributed by atoms with Crippen LogP contribution < -0.4 is 0 Å². The Morgan fingerprint density at radius 1 is 1.43 bits per heavy atom. The lowest BCUT2D eigenvalue weighted by molar-refractivity contribution is 0.281. The van der Waals surface area contributed by atoms with E-state index in [-0.39, 0.29) is 6.61 Å². The second kappa shape index (κ2) is 3.59. The topological polar surface area (TPSA) is 50.9 Å². The molecule has 0 aliphatic heterocycles. The van der Waals surface area contributed by atoms with Gasteiger partial charge < -0.3 is 5.11 Å². The van der Waals surface area contributed by atoms with E-state index in [1.807, 2.05) is 25.3 Å². The highest BCUT2D eigenvalue weighted by atomic mass is 16.3. The van der Waals surface area contributed by atoms with Gasteiger partial charge in [0.05, 0.1) is 12.3 Å². The molecule has 0 radical (unpaired) electrons. The van der Waals surface area contributed by atoms with Gasteiger partial charge in [0.25, 0.3) is 0 Å². The lowest BCUT2D eigenvalue weighted by Crippen LogP contribution is -2.03. The minimum absolute atomic E-state index is 0.0257. The van der Waals surface area contributed by atoms with Gasteiger partial charge in [-0.15, -0.1) is 0 Å². The molecule has 2 aromatic heterocycles. The number of nitrogens with zero attached hydrogens (tertiary/aromatic N) is 3. The monoisotopic (exact) mass is 189 g/mol. The largest absolute Gasteiger partial charge is 0.392 e. The molecule has 0 saturated heterocycles. The average molecular weight is 189 g/mol. The lowest BCUT2D eigenvalue weighted by atomic mass is 10.3. The Hall–Kier alpha value is -1.68. The van der Waals surface area contributed by atoms with Crippen molar-refractivity contribution in [3.05, 3.63) is 41.9 Å². The van der Waals surface area contributed by atoms with Crippen LogP contribution in [0.15, 0.2) is 30.6 Å². The molecule has 14 heavy (non-hydrogen) atoms. The molecule has 0 spiro atoms. The van der Waals surface area contributed by atoms with Crippen molar-refractivity contribution in [3.8, 4) is 5.82 Å². The fraction of sp³-hybridized carbons (Fsp3) is 0.200. The molecule has 2 aromatic rings. The van der Waals surface area contributed by atoms with Crippen molar-refractivity contribution in [3.63, 3.8) is 0 Å². The summed E-state index contributed by atoms with van der Waals surface area (Å²) in [5, 5.41) is 13.3. The zero-order valence-corrected chi connectivity index (χ0v) is 7.88. The molecule has 0 unspecified atom stereocenters. The van der Waals surface area contributed by atoms with Gasteiger partial charge in [-0.1, -0.05) is 6.07 Å². The van der Waals surface area contributed by atoms with E-state index in [0.717, 1.165) is 11.3 Å². The molecule has 1 N–H and O–H groups in total. The Bertz CT molecular complexity index is 436. The quantitative estimate of drug-likeness (QED) is 0.768. The van der Waals surface area contributed by atoms with E-state index >= 15 is 0 Å². The van der Waals surface area contributed by atoms with Crippen molar-refractivity contribution in [2.24, 2.45) is 0 Å². The van der Waals surface area contributed by atoms with Crippen molar-refractivity contribution < 1.29 is 5.11 Å². The first-order valence-electron chi connectivity index (χ1n) is 4.38. The highest BCUT2D eigenvalue weighted by molar-refractivity contribution is 5.32. The van der Waals surface area contributed by atoms with Crippen LogP contribution in [-0.4, -0.2) is 19.9 Å². The molecule has 0 aliphatic carbocycles. The third-order valence-electron chi connectivity index (χ3n) is 1.98. The second-order valence-corrected chi connectivity index (χ2v) is 3.05. The minimum Gasteiger partial charge on any atom is -0.392 e. The van der Waals surface area contributed by atoms with E-state index < -0.39 is 0 Å². The fourth-order valence-electron chi connectivity index (χ4n) is 1.29. The summed E-state index contributed by atoms with van der Waals surface area (Å²) in [7, 11) is 0. The first-order chi connectivity index (χ1) is 6.81. The number of aliphatic hydroxyl groups is 1. The van der Waals surface area contributed by atoms with Gasteiger partial charge in [-0.25, -0.2) is 9.67 Å². The second-order valence-electron chi connectivity index (χ2n) is 3.05. The van der Waals surface area contributed by atoms with Gasteiger partial charge in [-0.3, -0.25) is 0 Å². The average Bonchev–Trinajstić information content (AvgIpc) is 2.65. The molecule has 0 aliphatic rings. The molecule has 0 aromatic carbocycles. The first-order valence-corrected chi connectivity index (χ1v) is 4.38. The summed E-state index contributed by atoms with van der Waals surface area (Å²) < 4.78 is 1.67. The summed E-state index contributed by atoms with van der Waals surface area (Å²) in [5.41, 5.74) is 1.70. The maximum Gasteiger partial charge on any atom is 0.158 e. The van der Waals surface area contributed by atoms with Crippen molar-refractivity contribution in [1.29, 1.82) is 0 Å². The van der Waals surface area contributed by atoms with E-state index in [1.165, 1.54) is 0 Å². The standard InChI is InChI=1S/C10H11N3O/c1-8-4-6-13(12-8)10-9(7-14)3-2-5-11-10/h2-6,14H,7H2,1H3. The zero-order chi connectivity index (χ0) is 9.97. The van der Waals surface area contributed by atoms with Crippen molar-refractivity contribution in [2.75, 3.05) is 0 Å². The molecule has 4 heteroatoms. The SMILES string of the molecule is Cc1ccn(-c2ncccc2CO)n1. The molecule has 4 nitrogen and oxygen atoms in total. The van der Waals surface area contributed by atoms with Crippen LogP contribution in [0.3, 0.4) is 0 Å². The number of aryl methyl sites for hydroxylation is 1. The van der Waals surface area contributed by atoms with Gasteiger partial charge in [0, 0.05) is 18.0 Å². The van der Waals surface area contributed by atoms with Crippen LogP contribution in [-0.2, 0) is 6.61 Å². The van der Waals surface area contributed by atoms with Crippen LogP contribution in [0.1, 0.15) is 11.3 Å². The summed E-state index contributed by atoms with van der Waals surface area (Å²) in [6.07, 6.45) is 3.52. The summed E-state index contributed by atoms with van der Waals surface area (Å²) in [6, 6.07) is 5.53. The van der Waals surface area contributed by atoms with Gasteiger partial charge in [-0.2, -0.15) is 5.10 Å². The molecule has 72 valence electrons. The minimum atomic E-state index is -0.0257. The van der Waals surface area contributed by atoms with Crippen molar-refractivity contribution in [1.82, 2.24) is 14.8 Å². The molecule has 0 fully saturated rings. The van der Waals surface area contributed by atoms with E-state index in [1.54, 1.807) is 16.9 Å². The van der Waals surface area contributed by atoms with Crippen LogP contribution >= 0.6 is 0 Å². The summed E-state index contributed by atoms with van der Waals surface area (Å²) in [4.78, 5) is 4.17. The van der Waals surface area contributed by atoms with Crippen molar-refractivity contribution in [2.45, 2.75) is 13.5 Å². The molecular formula is C10H11N3O. The van der Waals surface area contributed by atoms with Crippen LogP contribution in [0.4, 0.5) is 0 Å². The third kappa shape index (κ3) is 1.52. The highest BCUT2D eigenvalue weighted by Gasteiger charge is 2.04. The van der Waals surface area contributed by atoms with E-state index in [0.29, 0.717) is 5.82 Å². The summed E-state index contributed by atoms with van der Waals surface area (Å²) >= 11 is 0. The Labute approximate surface area is 81.8 Å². The maximum atomic E-state index is 9.11. The predicted molar refractivity (Wildman–Crippen MR) is 52.0 cm³/mol. The van der Waals surface area contributed by atoms with Gasteiger partial charge in [0.1, 0.15) is 0 Å². The molecule has 0 bridgehead atoms. The maximum absolute atomic E-state index is 9.11. The number of pyridine rings is 1. The Morgan fingerprint density at radius 3 is 2.93 bits per heavy atom. The number of aliphatic hydroxyl groups excluding tert-OH is 1. The summed E-state index contributed by atoms with van der Waals surface area (Å²) in [6.45, 7) is 1.89. The van der Waals surface area contributed by atoms with Crippen LogP contribution in [0.25, 0.3) is 5.82 Å². The van der Waals surface area contributed by atoms with Gasteiger partial charge in [-0.05, 0) is 19.1 Å². The number of hydrogen-bond donors (Lipinski definition) is 1. The molecule has 0 amide bonds. The Kier molecular flexibility index (Phi) is 2.28. The van der Waals surface area contributed by atoms with Crippen LogP contribution in [0.5, 0.6) is 0 Å². The van der Waals surface area contributed by atoms with Crippen LogP contribution in [0, 0.1) is 6.92 Å². The van der Waals surface area contributed by atoms with E-state index in [4.69, 9.17) is 5.11 Å². The number of rotatable bonds is 2. The van der Waals surface area contributed by atoms with E-state index in [2.05, 4.69) is 10.1 Å². The molecule has 2 heterocycles. The Morgan fingerprint density at radius 2 is 2.29 bits per heavy atom. The third-order valence-corrected chi connectivity index (χ3v) is 1.98. The Balaban J connectivity index is 2.50.